The Bertz CT molecular complexity index is 918. The largest absolute Gasteiger partial charge is 0.388 e. The maximum Gasteiger partial charge on any atom is 0.111 e. The normalized spacial score (nSPS) is 46.6. The summed E-state index contributed by atoms with van der Waals surface area (Å²) in [6, 6.07) is 0. The van der Waals surface area contributed by atoms with Crippen LogP contribution in [-0.4, -0.2) is 58.6 Å². The molecule has 1 aliphatic heterocycles. The van der Waals surface area contributed by atoms with Crippen LogP contribution in [0.25, 0.3) is 0 Å². The third-order valence-corrected chi connectivity index (χ3v) is 13.7. The summed E-state index contributed by atoms with van der Waals surface area (Å²) in [6.07, 6.45) is 12.4. The van der Waals surface area contributed by atoms with Crippen LogP contribution < -0.4 is 0 Å². The molecule has 0 aromatic heterocycles. The molecule has 0 aromatic carbocycles. The SMILES string of the molecule is C.CCC(CCC(C)C1CCC2C3CC=C4CC(OCC5OC(C)C(O)C(O)C5O)CCC4(C)C3CCC12C)C(C)C. The van der Waals surface area contributed by atoms with Gasteiger partial charge in [-0.25, -0.2) is 0 Å². The highest BCUT2D eigenvalue weighted by molar-refractivity contribution is 5.25. The van der Waals surface area contributed by atoms with Gasteiger partial charge >= 0.3 is 0 Å². The van der Waals surface area contributed by atoms with Gasteiger partial charge in [0, 0.05) is 0 Å². The Hall–Kier alpha value is -0.460. The van der Waals surface area contributed by atoms with Crippen molar-refractivity contribution in [1.29, 1.82) is 0 Å². The van der Waals surface area contributed by atoms with Crippen molar-refractivity contribution in [3.05, 3.63) is 11.6 Å². The molecule has 1 saturated heterocycles. The molecule has 4 fully saturated rings. The van der Waals surface area contributed by atoms with E-state index in [9.17, 15) is 15.3 Å². The van der Waals surface area contributed by atoms with Crippen molar-refractivity contribution < 1.29 is 24.8 Å². The highest BCUT2D eigenvalue weighted by Gasteiger charge is 2.59. The maximum absolute atomic E-state index is 10.4. The first-order valence-corrected chi connectivity index (χ1v) is 17.4. The molecule has 3 saturated carbocycles. The summed E-state index contributed by atoms with van der Waals surface area (Å²) in [5, 5.41) is 30.6. The zero-order valence-electron chi connectivity index (χ0n) is 27.2. The standard InChI is InChI=1S/C36H62O5.CH4/c1-8-24(21(2)3)10-9-22(4)28-13-14-29-27-12-11-25-19-26(15-17-35(25,6)30(27)16-18-36(28,29)7)40-20-31-33(38)34(39)32(37)23(5)41-31;/h11,21-24,26-34,37-39H,8-10,12-20H2,1-7H3;1H4. The van der Waals surface area contributed by atoms with Crippen molar-refractivity contribution in [2.24, 2.45) is 52.3 Å². The molecule has 14 unspecified atom stereocenters. The molecule has 4 aliphatic carbocycles. The minimum Gasteiger partial charge on any atom is -0.388 e. The smallest absolute Gasteiger partial charge is 0.111 e. The van der Waals surface area contributed by atoms with Crippen LogP contribution in [0.3, 0.4) is 0 Å². The average molecular weight is 591 g/mol. The fraction of sp³-hybridized carbons (Fsp3) is 0.946. The minimum absolute atomic E-state index is 0. The number of aliphatic hydroxyl groups is 3. The van der Waals surface area contributed by atoms with Crippen molar-refractivity contribution in [1.82, 2.24) is 0 Å². The van der Waals surface area contributed by atoms with Gasteiger partial charge in [-0.05, 0) is 117 Å². The Morgan fingerprint density at radius 2 is 1.69 bits per heavy atom. The Labute approximate surface area is 258 Å². The van der Waals surface area contributed by atoms with Crippen LogP contribution in [0.2, 0.25) is 0 Å². The lowest BCUT2D eigenvalue weighted by molar-refractivity contribution is -0.231. The van der Waals surface area contributed by atoms with Gasteiger partial charge in [-0.15, -0.1) is 0 Å². The zero-order valence-corrected chi connectivity index (χ0v) is 27.2. The van der Waals surface area contributed by atoms with Gasteiger partial charge in [0.15, 0.2) is 0 Å². The van der Waals surface area contributed by atoms with E-state index in [0.717, 1.165) is 54.3 Å². The van der Waals surface area contributed by atoms with Crippen LogP contribution in [-0.2, 0) is 9.47 Å². The van der Waals surface area contributed by atoms with Crippen LogP contribution in [0, 0.1) is 52.3 Å². The highest BCUT2D eigenvalue weighted by atomic mass is 16.6. The third-order valence-electron chi connectivity index (χ3n) is 13.7. The Balaban J connectivity index is 0.00000405. The number of hydrogen-bond donors (Lipinski definition) is 3. The molecular weight excluding hydrogens is 524 g/mol. The fourth-order valence-corrected chi connectivity index (χ4v) is 10.9. The first-order chi connectivity index (χ1) is 19.4. The zero-order chi connectivity index (χ0) is 29.7. The maximum atomic E-state index is 10.4. The second kappa shape index (κ2) is 13.5. The van der Waals surface area contributed by atoms with Gasteiger partial charge in [-0.1, -0.05) is 73.5 Å². The van der Waals surface area contributed by atoms with E-state index in [1.807, 2.05) is 0 Å². The van der Waals surface area contributed by atoms with Gasteiger partial charge in [-0.3, -0.25) is 0 Å². The lowest BCUT2D eigenvalue weighted by Gasteiger charge is -2.58. The summed E-state index contributed by atoms with van der Waals surface area (Å²) in [5.41, 5.74) is 2.41. The molecule has 42 heavy (non-hydrogen) atoms. The number of hydrogen-bond acceptors (Lipinski definition) is 5. The fourth-order valence-electron chi connectivity index (χ4n) is 10.9. The van der Waals surface area contributed by atoms with Crippen LogP contribution >= 0.6 is 0 Å². The molecule has 5 rings (SSSR count). The van der Waals surface area contributed by atoms with E-state index in [4.69, 9.17) is 9.47 Å². The van der Waals surface area contributed by atoms with Gasteiger partial charge < -0.3 is 24.8 Å². The monoisotopic (exact) mass is 590 g/mol. The number of rotatable bonds is 9. The van der Waals surface area contributed by atoms with Gasteiger partial charge in [0.25, 0.3) is 0 Å². The van der Waals surface area contributed by atoms with Crippen LogP contribution in [0.15, 0.2) is 11.6 Å². The molecule has 0 radical (unpaired) electrons. The van der Waals surface area contributed by atoms with Gasteiger partial charge in [-0.2, -0.15) is 0 Å². The molecule has 0 bridgehead atoms. The summed E-state index contributed by atoms with van der Waals surface area (Å²) >= 11 is 0. The predicted octanol–water partition coefficient (Wildman–Crippen LogP) is 7.56. The number of ether oxygens (including phenoxy) is 2. The van der Waals surface area contributed by atoms with E-state index in [2.05, 4.69) is 47.6 Å². The molecule has 0 amide bonds. The Morgan fingerprint density at radius 3 is 2.38 bits per heavy atom. The van der Waals surface area contributed by atoms with E-state index in [-0.39, 0.29) is 25.6 Å². The van der Waals surface area contributed by atoms with E-state index >= 15 is 0 Å². The van der Waals surface area contributed by atoms with Gasteiger partial charge in [0.2, 0.25) is 0 Å². The second-order valence-corrected chi connectivity index (χ2v) is 16.0. The summed E-state index contributed by atoms with van der Waals surface area (Å²) in [7, 11) is 0. The molecule has 244 valence electrons. The molecule has 0 spiro atoms. The van der Waals surface area contributed by atoms with E-state index in [1.54, 1.807) is 12.5 Å². The molecular formula is C37H66O5. The third kappa shape index (κ3) is 6.17. The topological polar surface area (TPSA) is 79.2 Å². The molecule has 1 heterocycles. The Kier molecular flexibility index (Phi) is 11.1. The summed E-state index contributed by atoms with van der Waals surface area (Å²) in [5.74, 6) is 5.90. The summed E-state index contributed by atoms with van der Waals surface area (Å²) in [4.78, 5) is 0. The van der Waals surface area contributed by atoms with Crippen molar-refractivity contribution in [2.75, 3.05) is 6.61 Å². The highest BCUT2D eigenvalue weighted by Crippen LogP contribution is 2.67. The number of aliphatic hydroxyl groups excluding tert-OH is 3. The molecule has 5 heteroatoms. The first kappa shape index (κ1) is 34.4. The van der Waals surface area contributed by atoms with Gasteiger partial charge in [0.05, 0.1) is 18.8 Å². The summed E-state index contributed by atoms with van der Waals surface area (Å²) in [6.45, 7) is 17.0. The van der Waals surface area contributed by atoms with Crippen LogP contribution in [0.5, 0.6) is 0 Å². The summed E-state index contributed by atoms with van der Waals surface area (Å²) < 4.78 is 12.1. The molecule has 5 nitrogen and oxygen atoms in total. The first-order valence-electron chi connectivity index (χ1n) is 17.4. The minimum atomic E-state index is -1.19. The van der Waals surface area contributed by atoms with Crippen molar-refractivity contribution in [3.8, 4) is 0 Å². The predicted molar refractivity (Wildman–Crippen MR) is 171 cm³/mol. The van der Waals surface area contributed by atoms with E-state index in [1.165, 1.54) is 57.8 Å². The molecule has 5 aliphatic rings. The average Bonchev–Trinajstić information content (AvgIpc) is 3.30. The van der Waals surface area contributed by atoms with E-state index < -0.39 is 30.5 Å². The molecule has 3 N–H and O–H groups in total. The van der Waals surface area contributed by atoms with E-state index in [0.29, 0.717) is 5.41 Å². The van der Waals surface area contributed by atoms with Crippen LogP contribution in [0.1, 0.15) is 127 Å². The number of fused-ring (bicyclic) bond motifs is 5. The molecule has 0 aromatic rings. The van der Waals surface area contributed by atoms with Crippen molar-refractivity contribution in [3.63, 3.8) is 0 Å². The van der Waals surface area contributed by atoms with Crippen LogP contribution in [0.4, 0.5) is 0 Å². The van der Waals surface area contributed by atoms with Crippen molar-refractivity contribution >= 4 is 0 Å². The lowest BCUT2D eigenvalue weighted by atomic mass is 9.47. The second-order valence-electron chi connectivity index (χ2n) is 16.0. The Morgan fingerprint density at radius 1 is 0.952 bits per heavy atom. The van der Waals surface area contributed by atoms with Gasteiger partial charge in [0.1, 0.15) is 24.4 Å². The molecule has 14 atom stereocenters. The van der Waals surface area contributed by atoms with Crippen molar-refractivity contribution in [2.45, 2.75) is 163 Å². The quantitative estimate of drug-likeness (QED) is 0.242. The lowest BCUT2D eigenvalue weighted by Crippen LogP contribution is -2.58. The number of allylic oxidation sites excluding steroid dienone is 1.